The number of nitrogens with one attached hydrogen (secondary N) is 1. The Morgan fingerprint density at radius 1 is 1.07 bits per heavy atom. The average Bonchev–Trinajstić information content (AvgIpc) is 2.91. The third kappa shape index (κ3) is 6.31. The van der Waals surface area contributed by atoms with Gasteiger partial charge in [0.2, 0.25) is 5.91 Å². The lowest BCUT2D eigenvalue weighted by Crippen LogP contribution is -2.39. The number of ether oxygens (including phenoxy) is 2. The van der Waals surface area contributed by atoms with Gasteiger partial charge >= 0.3 is 0 Å². The van der Waals surface area contributed by atoms with Crippen LogP contribution >= 0.6 is 0 Å². The molecule has 2 aromatic rings. The van der Waals surface area contributed by atoms with Crippen LogP contribution in [0.25, 0.3) is 0 Å². The predicted octanol–water partition coefficient (Wildman–Crippen LogP) is 4.40. The molecule has 3 rings (SSSR count). The highest BCUT2D eigenvalue weighted by Crippen LogP contribution is 2.28. The second-order valence-corrected chi connectivity index (χ2v) is 8.00. The van der Waals surface area contributed by atoms with Crippen molar-refractivity contribution in [2.75, 3.05) is 32.1 Å². The lowest BCUT2D eigenvalue weighted by atomic mass is 9.95. The maximum Gasteiger partial charge on any atom is 0.221 e. The third-order valence-electron chi connectivity index (χ3n) is 5.63. The van der Waals surface area contributed by atoms with E-state index in [-0.39, 0.29) is 11.5 Å². The molecule has 1 unspecified atom stereocenters. The van der Waals surface area contributed by atoms with Crippen LogP contribution in [0.1, 0.15) is 37.3 Å². The number of likely N-dealkylation sites (tertiary alicyclic amines) is 1. The van der Waals surface area contributed by atoms with Crippen molar-refractivity contribution in [3.05, 3.63) is 59.7 Å². The molecule has 1 atom stereocenters. The summed E-state index contributed by atoms with van der Waals surface area (Å²) in [6.45, 7) is 7.09. The van der Waals surface area contributed by atoms with Crippen LogP contribution in [0.3, 0.4) is 0 Å². The van der Waals surface area contributed by atoms with E-state index in [1.807, 2.05) is 24.3 Å². The molecule has 1 amide bonds. The minimum Gasteiger partial charge on any atom is -0.491 e. The molecule has 2 aromatic carbocycles. The topological polar surface area (TPSA) is 50.8 Å². The Hall–Kier alpha value is -2.37. The maximum atomic E-state index is 11.2. The van der Waals surface area contributed by atoms with E-state index in [2.05, 4.69) is 41.4 Å². The number of hydrogen-bond acceptors (Lipinski definition) is 4. The number of nitrogens with zero attached hydrogens (tertiary/aromatic N) is 1. The highest BCUT2D eigenvalue weighted by molar-refractivity contribution is 5.88. The fraction of sp³-hybridized carbons (Fsp3) is 0.458. The van der Waals surface area contributed by atoms with Crippen LogP contribution in [0.2, 0.25) is 0 Å². The molecule has 0 spiro atoms. The standard InChI is InChI=1S/C24H32N2O3/c1-19-5-11-23(12-6-19)29-18-24(28-3)13-4-15-26(16-14-24)17-21-7-9-22(10-8-21)25-20(2)27/h5-12H,4,13-18H2,1-3H3,(H,25,27). The van der Waals surface area contributed by atoms with E-state index in [9.17, 15) is 4.79 Å². The van der Waals surface area contributed by atoms with Gasteiger partial charge < -0.3 is 14.8 Å². The first-order valence-corrected chi connectivity index (χ1v) is 10.3. The summed E-state index contributed by atoms with van der Waals surface area (Å²) in [4.78, 5) is 13.6. The van der Waals surface area contributed by atoms with Crippen LogP contribution in [0.4, 0.5) is 5.69 Å². The molecule has 1 fully saturated rings. The van der Waals surface area contributed by atoms with Gasteiger partial charge in [-0.25, -0.2) is 0 Å². The van der Waals surface area contributed by atoms with E-state index in [0.717, 1.165) is 50.3 Å². The van der Waals surface area contributed by atoms with Gasteiger partial charge in [-0.05, 0) is 62.6 Å². The molecule has 1 heterocycles. The van der Waals surface area contributed by atoms with Gasteiger partial charge in [0.15, 0.2) is 0 Å². The van der Waals surface area contributed by atoms with Crippen LogP contribution in [0, 0.1) is 6.92 Å². The van der Waals surface area contributed by atoms with Crippen LogP contribution in [-0.2, 0) is 16.1 Å². The third-order valence-corrected chi connectivity index (χ3v) is 5.63. The molecule has 1 saturated heterocycles. The number of rotatable bonds is 7. The number of carbonyl (C=O) groups excluding carboxylic acids is 1. The summed E-state index contributed by atoms with van der Waals surface area (Å²) >= 11 is 0. The Balaban J connectivity index is 1.55. The van der Waals surface area contributed by atoms with Gasteiger partial charge in [0, 0.05) is 32.8 Å². The van der Waals surface area contributed by atoms with Crippen LogP contribution in [0.5, 0.6) is 5.75 Å². The van der Waals surface area contributed by atoms with Gasteiger partial charge in [-0.2, -0.15) is 0 Å². The molecular formula is C24H32N2O3. The zero-order chi connectivity index (χ0) is 20.7. The number of anilines is 1. The second-order valence-electron chi connectivity index (χ2n) is 8.00. The van der Waals surface area contributed by atoms with E-state index < -0.39 is 0 Å². The fourth-order valence-electron chi connectivity index (χ4n) is 3.79. The monoisotopic (exact) mass is 396 g/mol. The highest BCUT2D eigenvalue weighted by Gasteiger charge is 2.33. The van der Waals surface area contributed by atoms with Crippen LogP contribution in [-0.4, -0.2) is 43.2 Å². The van der Waals surface area contributed by atoms with Gasteiger partial charge in [-0.3, -0.25) is 9.69 Å². The molecule has 1 aliphatic heterocycles. The number of methoxy groups -OCH3 is 1. The zero-order valence-corrected chi connectivity index (χ0v) is 17.7. The fourth-order valence-corrected chi connectivity index (χ4v) is 3.79. The summed E-state index contributed by atoms with van der Waals surface area (Å²) in [6, 6.07) is 16.3. The van der Waals surface area contributed by atoms with Gasteiger partial charge in [0.05, 0.1) is 0 Å². The zero-order valence-electron chi connectivity index (χ0n) is 17.7. The summed E-state index contributed by atoms with van der Waals surface area (Å²) < 4.78 is 12.0. The first-order valence-electron chi connectivity index (χ1n) is 10.3. The molecule has 5 nitrogen and oxygen atoms in total. The van der Waals surface area contributed by atoms with E-state index in [0.29, 0.717) is 6.61 Å². The number of benzene rings is 2. The summed E-state index contributed by atoms with van der Waals surface area (Å²) in [5.74, 6) is 0.849. The Kier molecular flexibility index (Phi) is 7.29. The van der Waals surface area contributed by atoms with Crippen molar-refractivity contribution in [2.24, 2.45) is 0 Å². The lowest BCUT2D eigenvalue weighted by molar-refractivity contribution is -0.114. The van der Waals surface area contributed by atoms with Gasteiger partial charge in [0.25, 0.3) is 0 Å². The molecule has 0 aliphatic carbocycles. The molecular weight excluding hydrogens is 364 g/mol. The summed E-state index contributed by atoms with van der Waals surface area (Å²) in [7, 11) is 1.80. The van der Waals surface area contributed by atoms with Gasteiger partial charge in [-0.1, -0.05) is 29.8 Å². The molecule has 29 heavy (non-hydrogen) atoms. The van der Waals surface area contributed by atoms with E-state index in [1.165, 1.54) is 18.1 Å². The Morgan fingerprint density at radius 2 is 1.79 bits per heavy atom. The Labute approximate surface area is 174 Å². The second kappa shape index (κ2) is 9.90. The maximum absolute atomic E-state index is 11.2. The van der Waals surface area contributed by atoms with Crippen molar-refractivity contribution in [2.45, 2.75) is 45.3 Å². The van der Waals surface area contributed by atoms with Crippen molar-refractivity contribution in [1.29, 1.82) is 0 Å². The summed E-state index contributed by atoms with van der Waals surface area (Å²) in [5.41, 5.74) is 3.08. The van der Waals surface area contributed by atoms with Crippen LogP contribution in [0.15, 0.2) is 48.5 Å². The largest absolute Gasteiger partial charge is 0.491 e. The molecule has 0 saturated carbocycles. The molecule has 0 bridgehead atoms. The number of amides is 1. The van der Waals surface area contributed by atoms with Crippen LogP contribution < -0.4 is 10.1 Å². The summed E-state index contributed by atoms with van der Waals surface area (Å²) in [5, 5.41) is 2.81. The number of aryl methyl sites for hydroxylation is 1. The highest BCUT2D eigenvalue weighted by atomic mass is 16.5. The lowest BCUT2D eigenvalue weighted by Gasteiger charge is -2.31. The Morgan fingerprint density at radius 3 is 2.45 bits per heavy atom. The molecule has 0 radical (unpaired) electrons. The van der Waals surface area contributed by atoms with E-state index in [4.69, 9.17) is 9.47 Å². The molecule has 156 valence electrons. The average molecular weight is 397 g/mol. The van der Waals surface area contributed by atoms with Crippen molar-refractivity contribution in [1.82, 2.24) is 4.90 Å². The molecule has 1 N–H and O–H groups in total. The van der Waals surface area contributed by atoms with Gasteiger partial charge in [0.1, 0.15) is 18.0 Å². The minimum absolute atomic E-state index is 0.0472. The smallest absolute Gasteiger partial charge is 0.221 e. The number of carbonyl (C=O) groups is 1. The van der Waals surface area contributed by atoms with Crippen molar-refractivity contribution in [3.63, 3.8) is 0 Å². The normalized spacial score (nSPS) is 20.1. The molecule has 0 aromatic heterocycles. The SMILES string of the molecule is COC1(COc2ccc(C)cc2)CCCN(Cc2ccc(NC(C)=O)cc2)CC1. The summed E-state index contributed by atoms with van der Waals surface area (Å²) in [6.07, 6.45) is 3.02. The van der Waals surface area contributed by atoms with Crippen molar-refractivity contribution >= 4 is 11.6 Å². The van der Waals surface area contributed by atoms with Crippen molar-refractivity contribution < 1.29 is 14.3 Å². The van der Waals surface area contributed by atoms with Crippen molar-refractivity contribution in [3.8, 4) is 5.75 Å². The minimum atomic E-state index is -0.241. The van der Waals surface area contributed by atoms with E-state index in [1.54, 1.807) is 7.11 Å². The van der Waals surface area contributed by atoms with E-state index >= 15 is 0 Å². The number of hydrogen-bond donors (Lipinski definition) is 1. The molecule has 1 aliphatic rings. The first-order chi connectivity index (χ1) is 14.0. The molecule has 5 heteroatoms. The predicted molar refractivity (Wildman–Crippen MR) is 116 cm³/mol. The first kappa shape index (κ1) is 21.3. The Bertz CT molecular complexity index is 789. The quantitative estimate of drug-likeness (QED) is 0.753. The van der Waals surface area contributed by atoms with Gasteiger partial charge in [-0.15, -0.1) is 0 Å².